The number of rotatable bonds is 4. The lowest BCUT2D eigenvalue weighted by Gasteiger charge is -2.00. The van der Waals surface area contributed by atoms with E-state index in [0.29, 0.717) is 11.5 Å². The first-order valence-electron chi connectivity index (χ1n) is 5.21. The monoisotopic (exact) mass is 234 g/mol. The van der Waals surface area contributed by atoms with E-state index in [1.807, 2.05) is 13.8 Å². The van der Waals surface area contributed by atoms with Gasteiger partial charge in [0.05, 0.1) is 17.4 Å². The quantitative estimate of drug-likeness (QED) is 0.642. The standard InChI is InChI=1S/C13H14O4/c1-9(2)7-8-17-13(16)11-5-3-10(4-6-11)12(14)15/h3-9H,1-2H3,(H,14,15). The van der Waals surface area contributed by atoms with Crippen molar-refractivity contribution in [3.63, 3.8) is 0 Å². The molecule has 0 aromatic heterocycles. The van der Waals surface area contributed by atoms with Crippen molar-refractivity contribution in [2.24, 2.45) is 5.92 Å². The van der Waals surface area contributed by atoms with Gasteiger partial charge in [-0.15, -0.1) is 0 Å². The first-order chi connectivity index (χ1) is 8.00. The molecule has 90 valence electrons. The van der Waals surface area contributed by atoms with Gasteiger partial charge in [-0.2, -0.15) is 0 Å². The summed E-state index contributed by atoms with van der Waals surface area (Å²) in [5.74, 6) is -1.22. The molecule has 0 saturated carbocycles. The van der Waals surface area contributed by atoms with Crippen LogP contribution < -0.4 is 0 Å². The molecular weight excluding hydrogens is 220 g/mol. The molecule has 0 atom stereocenters. The van der Waals surface area contributed by atoms with Crippen molar-refractivity contribution in [3.05, 3.63) is 47.7 Å². The molecule has 1 aromatic carbocycles. The summed E-state index contributed by atoms with van der Waals surface area (Å²) in [6.07, 6.45) is 3.10. The van der Waals surface area contributed by atoms with E-state index in [1.54, 1.807) is 6.08 Å². The van der Waals surface area contributed by atoms with Gasteiger partial charge < -0.3 is 9.84 Å². The maximum atomic E-state index is 11.5. The Bertz CT molecular complexity index is 429. The Labute approximate surface area is 99.5 Å². The highest BCUT2D eigenvalue weighted by Gasteiger charge is 2.07. The molecule has 0 bridgehead atoms. The first kappa shape index (κ1) is 13.0. The van der Waals surface area contributed by atoms with Gasteiger partial charge >= 0.3 is 11.9 Å². The van der Waals surface area contributed by atoms with Gasteiger partial charge in [0.25, 0.3) is 0 Å². The van der Waals surface area contributed by atoms with Crippen molar-refractivity contribution >= 4 is 11.9 Å². The number of esters is 1. The van der Waals surface area contributed by atoms with Crippen molar-refractivity contribution in [1.82, 2.24) is 0 Å². The Morgan fingerprint density at radius 2 is 1.71 bits per heavy atom. The van der Waals surface area contributed by atoms with E-state index in [1.165, 1.54) is 30.5 Å². The summed E-state index contributed by atoms with van der Waals surface area (Å²) in [4.78, 5) is 22.1. The number of benzene rings is 1. The number of ether oxygens (including phenoxy) is 1. The van der Waals surface area contributed by atoms with Crippen molar-refractivity contribution in [1.29, 1.82) is 0 Å². The molecule has 0 aliphatic rings. The van der Waals surface area contributed by atoms with Crippen LogP contribution in [0.2, 0.25) is 0 Å². The summed E-state index contributed by atoms with van der Waals surface area (Å²) in [5, 5.41) is 8.69. The fourth-order valence-electron chi connectivity index (χ4n) is 1.08. The third-order valence-electron chi connectivity index (χ3n) is 2.01. The Morgan fingerprint density at radius 3 is 2.18 bits per heavy atom. The smallest absolute Gasteiger partial charge is 0.342 e. The number of carbonyl (C=O) groups excluding carboxylic acids is 1. The highest BCUT2D eigenvalue weighted by atomic mass is 16.5. The normalized spacial score (nSPS) is 10.8. The summed E-state index contributed by atoms with van der Waals surface area (Å²) in [6.45, 7) is 3.93. The van der Waals surface area contributed by atoms with Crippen molar-refractivity contribution < 1.29 is 19.4 Å². The van der Waals surface area contributed by atoms with E-state index in [4.69, 9.17) is 9.84 Å². The zero-order valence-electron chi connectivity index (χ0n) is 9.71. The van der Waals surface area contributed by atoms with Gasteiger partial charge in [0.1, 0.15) is 0 Å². The molecule has 1 rings (SSSR count). The second-order valence-electron chi connectivity index (χ2n) is 3.86. The van der Waals surface area contributed by atoms with Crippen LogP contribution >= 0.6 is 0 Å². The number of aromatic carboxylic acids is 1. The number of hydrogen-bond acceptors (Lipinski definition) is 3. The molecule has 1 N–H and O–H groups in total. The molecule has 0 spiro atoms. The number of carbonyl (C=O) groups is 2. The Kier molecular flexibility index (Phi) is 4.46. The molecule has 0 unspecified atom stereocenters. The summed E-state index contributed by atoms with van der Waals surface area (Å²) >= 11 is 0. The zero-order valence-corrected chi connectivity index (χ0v) is 9.71. The third-order valence-corrected chi connectivity index (χ3v) is 2.01. The Balaban J connectivity index is 2.67. The second kappa shape index (κ2) is 5.84. The molecule has 0 fully saturated rings. The summed E-state index contributed by atoms with van der Waals surface area (Å²) < 4.78 is 4.87. The molecule has 4 heteroatoms. The predicted octanol–water partition coefficient (Wildman–Crippen LogP) is 2.71. The molecule has 0 aliphatic heterocycles. The predicted molar refractivity (Wildman–Crippen MR) is 62.8 cm³/mol. The second-order valence-corrected chi connectivity index (χ2v) is 3.86. The molecular formula is C13H14O4. The van der Waals surface area contributed by atoms with Gasteiger partial charge in [-0.05, 0) is 36.3 Å². The lowest BCUT2D eigenvalue weighted by Crippen LogP contribution is -2.02. The van der Waals surface area contributed by atoms with Crippen LogP contribution in [-0.2, 0) is 4.74 Å². The number of allylic oxidation sites excluding steroid dienone is 1. The van der Waals surface area contributed by atoms with Crippen LogP contribution in [0.3, 0.4) is 0 Å². The van der Waals surface area contributed by atoms with E-state index in [-0.39, 0.29) is 5.56 Å². The van der Waals surface area contributed by atoms with Crippen LogP contribution in [0.25, 0.3) is 0 Å². The van der Waals surface area contributed by atoms with Crippen LogP contribution in [0, 0.1) is 5.92 Å². The fourth-order valence-corrected chi connectivity index (χ4v) is 1.08. The Morgan fingerprint density at radius 1 is 1.18 bits per heavy atom. The SMILES string of the molecule is CC(C)C=COC(=O)c1ccc(C(=O)O)cc1. The third kappa shape index (κ3) is 4.10. The number of carboxylic acid groups (broad SMARTS) is 1. The molecule has 17 heavy (non-hydrogen) atoms. The molecule has 0 aliphatic carbocycles. The van der Waals surface area contributed by atoms with Gasteiger partial charge in [-0.1, -0.05) is 13.8 Å². The summed E-state index contributed by atoms with van der Waals surface area (Å²) in [5.41, 5.74) is 0.461. The average Bonchev–Trinajstić information content (AvgIpc) is 2.28. The molecule has 0 amide bonds. The largest absolute Gasteiger partial charge is 0.478 e. The van der Waals surface area contributed by atoms with Crippen molar-refractivity contribution in [2.45, 2.75) is 13.8 Å². The average molecular weight is 234 g/mol. The first-order valence-corrected chi connectivity index (χ1v) is 5.21. The number of carboxylic acids is 1. The Hall–Kier alpha value is -2.10. The van der Waals surface area contributed by atoms with Gasteiger partial charge in [-0.25, -0.2) is 9.59 Å². The van der Waals surface area contributed by atoms with Gasteiger partial charge in [0.15, 0.2) is 0 Å². The zero-order chi connectivity index (χ0) is 12.8. The van der Waals surface area contributed by atoms with Gasteiger partial charge in [0, 0.05) is 0 Å². The molecule has 0 saturated heterocycles. The van der Waals surface area contributed by atoms with Crippen LogP contribution in [0.15, 0.2) is 36.6 Å². The highest BCUT2D eigenvalue weighted by molar-refractivity contribution is 5.92. The van der Waals surface area contributed by atoms with E-state index in [9.17, 15) is 9.59 Å². The minimum absolute atomic E-state index is 0.138. The van der Waals surface area contributed by atoms with E-state index in [2.05, 4.69) is 0 Å². The topological polar surface area (TPSA) is 63.6 Å². The van der Waals surface area contributed by atoms with Crippen molar-refractivity contribution in [2.75, 3.05) is 0 Å². The maximum absolute atomic E-state index is 11.5. The fraction of sp³-hybridized carbons (Fsp3) is 0.231. The molecule has 1 aromatic rings. The van der Waals surface area contributed by atoms with Gasteiger partial charge in [-0.3, -0.25) is 0 Å². The lowest BCUT2D eigenvalue weighted by molar-refractivity contribution is 0.0656. The van der Waals surface area contributed by atoms with E-state index in [0.717, 1.165) is 0 Å². The molecule has 0 radical (unpaired) electrons. The van der Waals surface area contributed by atoms with Gasteiger partial charge in [0.2, 0.25) is 0 Å². The summed E-state index contributed by atoms with van der Waals surface area (Å²) in [6, 6.07) is 5.58. The van der Waals surface area contributed by atoms with E-state index < -0.39 is 11.9 Å². The van der Waals surface area contributed by atoms with Crippen molar-refractivity contribution in [3.8, 4) is 0 Å². The van der Waals surface area contributed by atoms with Crippen LogP contribution in [-0.4, -0.2) is 17.0 Å². The molecule has 0 heterocycles. The lowest BCUT2D eigenvalue weighted by atomic mass is 10.1. The minimum Gasteiger partial charge on any atom is -0.478 e. The maximum Gasteiger partial charge on any atom is 0.342 e. The van der Waals surface area contributed by atoms with Crippen LogP contribution in [0.5, 0.6) is 0 Å². The van der Waals surface area contributed by atoms with E-state index >= 15 is 0 Å². The van der Waals surface area contributed by atoms with Crippen LogP contribution in [0.4, 0.5) is 0 Å². The summed E-state index contributed by atoms with van der Waals surface area (Å²) in [7, 11) is 0. The minimum atomic E-state index is -1.02. The number of hydrogen-bond donors (Lipinski definition) is 1. The highest BCUT2D eigenvalue weighted by Crippen LogP contribution is 2.06. The molecule has 4 nitrogen and oxygen atoms in total. The van der Waals surface area contributed by atoms with Crippen LogP contribution in [0.1, 0.15) is 34.6 Å².